The van der Waals surface area contributed by atoms with Crippen molar-refractivity contribution in [1.29, 1.82) is 0 Å². The molecular weight excluding hydrogens is 418 g/mol. The predicted octanol–water partition coefficient (Wildman–Crippen LogP) is 3.65. The Morgan fingerprint density at radius 1 is 1.23 bits per heavy atom. The quantitative estimate of drug-likeness (QED) is 0.694. The number of carbonyl (C=O) groups excluding carboxylic acids is 2. The molecule has 1 aliphatic rings. The summed E-state index contributed by atoms with van der Waals surface area (Å²) >= 11 is 6.70. The van der Waals surface area contributed by atoms with E-state index < -0.39 is 0 Å². The van der Waals surface area contributed by atoms with E-state index in [1.807, 2.05) is 6.07 Å². The van der Waals surface area contributed by atoms with Crippen LogP contribution in [0.2, 0.25) is 0 Å². The zero-order valence-electron chi connectivity index (χ0n) is 11.9. The number of ether oxygens (including phenoxy) is 2. The fourth-order valence-electron chi connectivity index (χ4n) is 2.10. The lowest BCUT2D eigenvalue weighted by Crippen LogP contribution is -2.19. The molecule has 1 fully saturated rings. The Bertz CT molecular complexity index is 524. The van der Waals surface area contributed by atoms with Crippen molar-refractivity contribution in [2.24, 2.45) is 0 Å². The zero-order valence-corrected chi connectivity index (χ0v) is 15.1. The fourth-order valence-corrected chi connectivity index (χ4v) is 3.39. The molecule has 1 amide bonds. The third-order valence-electron chi connectivity index (χ3n) is 3.16. The summed E-state index contributed by atoms with van der Waals surface area (Å²) in [5, 5.41) is 2.74. The van der Waals surface area contributed by atoms with Gasteiger partial charge in [0.1, 0.15) is 6.61 Å². The number of esters is 1. The fraction of sp³-hybridized carbons (Fsp3) is 0.467. The molecule has 2 rings (SSSR count). The summed E-state index contributed by atoms with van der Waals surface area (Å²) in [5.41, 5.74) is 0.666. The second kappa shape index (κ2) is 8.64. The molecule has 1 aromatic carbocycles. The molecule has 120 valence electrons. The molecule has 7 heteroatoms. The summed E-state index contributed by atoms with van der Waals surface area (Å²) < 4.78 is 12.2. The minimum atomic E-state index is -0.374. The van der Waals surface area contributed by atoms with Gasteiger partial charge in [-0.25, -0.2) is 0 Å². The van der Waals surface area contributed by atoms with Crippen LogP contribution in [0.4, 0.5) is 5.69 Å². The Kier molecular flexibility index (Phi) is 6.85. The Balaban J connectivity index is 1.69. The lowest BCUT2D eigenvalue weighted by Gasteiger charge is -2.10. The highest BCUT2D eigenvalue weighted by atomic mass is 79.9. The van der Waals surface area contributed by atoms with Crippen LogP contribution < -0.4 is 5.32 Å². The number of hydrogen-bond acceptors (Lipinski definition) is 4. The first-order chi connectivity index (χ1) is 10.5. The van der Waals surface area contributed by atoms with E-state index in [9.17, 15) is 9.59 Å². The van der Waals surface area contributed by atoms with Gasteiger partial charge in [0.25, 0.3) is 0 Å². The summed E-state index contributed by atoms with van der Waals surface area (Å²) in [7, 11) is 0. The largest absolute Gasteiger partial charge is 0.463 e. The van der Waals surface area contributed by atoms with E-state index in [1.54, 1.807) is 12.1 Å². The van der Waals surface area contributed by atoms with Gasteiger partial charge in [0, 0.05) is 27.7 Å². The Labute approximate surface area is 146 Å². The van der Waals surface area contributed by atoms with Crippen LogP contribution in [0.5, 0.6) is 0 Å². The van der Waals surface area contributed by atoms with Gasteiger partial charge >= 0.3 is 5.97 Å². The molecule has 0 aromatic heterocycles. The maximum absolute atomic E-state index is 11.8. The van der Waals surface area contributed by atoms with Crippen molar-refractivity contribution in [3.63, 3.8) is 0 Å². The molecule has 1 aromatic rings. The smallest absolute Gasteiger partial charge is 0.306 e. The van der Waals surface area contributed by atoms with Gasteiger partial charge in [-0.1, -0.05) is 31.9 Å². The minimum absolute atomic E-state index is 0.0109. The van der Waals surface area contributed by atoms with E-state index >= 15 is 0 Å². The van der Waals surface area contributed by atoms with Crippen LogP contribution in [0.3, 0.4) is 0 Å². The standard InChI is InChI=1S/C15H17Br2NO4/c16-10-6-11(17)8-12(7-10)18-14(19)3-4-15(20)22-9-13-2-1-5-21-13/h6-8,13H,1-5,9H2,(H,18,19)/t13-/m0/s1. The number of nitrogens with one attached hydrogen (secondary N) is 1. The number of benzene rings is 1. The minimum Gasteiger partial charge on any atom is -0.463 e. The van der Waals surface area contributed by atoms with Gasteiger partial charge in [-0.05, 0) is 31.0 Å². The zero-order chi connectivity index (χ0) is 15.9. The van der Waals surface area contributed by atoms with Crippen LogP contribution >= 0.6 is 31.9 Å². The summed E-state index contributed by atoms with van der Waals surface area (Å²) in [6.07, 6.45) is 2.09. The molecule has 0 aliphatic carbocycles. The van der Waals surface area contributed by atoms with Crippen molar-refractivity contribution in [2.45, 2.75) is 31.8 Å². The van der Waals surface area contributed by atoms with Crippen molar-refractivity contribution < 1.29 is 19.1 Å². The molecule has 1 atom stereocenters. The van der Waals surface area contributed by atoms with Crippen LogP contribution in [0, 0.1) is 0 Å². The van der Waals surface area contributed by atoms with Crippen molar-refractivity contribution in [3.8, 4) is 0 Å². The Morgan fingerprint density at radius 2 is 1.95 bits per heavy atom. The Hall–Kier alpha value is -0.920. The monoisotopic (exact) mass is 433 g/mol. The van der Waals surface area contributed by atoms with E-state index in [0.29, 0.717) is 5.69 Å². The average Bonchev–Trinajstić information content (AvgIpc) is 2.95. The highest BCUT2D eigenvalue weighted by molar-refractivity contribution is 9.11. The van der Waals surface area contributed by atoms with E-state index in [2.05, 4.69) is 37.2 Å². The maximum Gasteiger partial charge on any atom is 0.306 e. The first-order valence-corrected chi connectivity index (χ1v) is 8.65. The number of halogens is 2. The van der Waals surface area contributed by atoms with Crippen molar-refractivity contribution >= 4 is 49.4 Å². The molecule has 1 aliphatic heterocycles. The SMILES string of the molecule is O=C(CCC(=O)OC[C@@H]1CCCO1)Nc1cc(Br)cc(Br)c1. The molecule has 0 spiro atoms. The normalized spacial score (nSPS) is 17.3. The lowest BCUT2D eigenvalue weighted by atomic mass is 10.2. The van der Waals surface area contributed by atoms with Crippen LogP contribution in [-0.2, 0) is 19.1 Å². The van der Waals surface area contributed by atoms with E-state index in [0.717, 1.165) is 28.4 Å². The van der Waals surface area contributed by atoms with Gasteiger partial charge in [0.2, 0.25) is 5.91 Å². The predicted molar refractivity (Wildman–Crippen MR) is 89.6 cm³/mol. The van der Waals surface area contributed by atoms with Gasteiger partial charge in [-0.15, -0.1) is 0 Å². The maximum atomic E-state index is 11.8. The Morgan fingerprint density at radius 3 is 2.59 bits per heavy atom. The molecule has 1 saturated heterocycles. The molecule has 0 unspecified atom stereocenters. The molecular formula is C15H17Br2NO4. The summed E-state index contributed by atoms with van der Waals surface area (Å²) in [6.45, 7) is 1.01. The highest BCUT2D eigenvalue weighted by Gasteiger charge is 2.17. The van der Waals surface area contributed by atoms with Crippen molar-refractivity contribution in [1.82, 2.24) is 0 Å². The molecule has 0 bridgehead atoms. The van der Waals surface area contributed by atoms with Crippen LogP contribution in [0.15, 0.2) is 27.1 Å². The molecule has 1 heterocycles. The molecule has 5 nitrogen and oxygen atoms in total. The molecule has 0 radical (unpaired) electrons. The summed E-state index contributed by atoms with van der Waals surface area (Å²) in [6, 6.07) is 5.45. The second-order valence-corrected chi connectivity index (χ2v) is 6.86. The number of amides is 1. The molecule has 22 heavy (non-hydrogen) atoms. The highest BCUT2D eigenvalue weighted by Crippen LogP contribution is 2.23. The number of carbonyl (C=O) groups is 2. The topological polar surface area (TPSA) is 64.6 Å². The third-order valence-corrected chi connectivity index (χ3v) is 4.07. The van der Waals surface area contributed by atoms with E-state index in [-0.39, 0.29) is 37.4 Å². The first-order valence-electron chi connectivity index (χ1n) is 7.06. The van der Waals surface area contributed by atoms with Crippen LogP contribution in [-0.4, -0.2) is 31.2 Å². The summed E-state index contributed by atoms with van der Waals surface area (Å²) in [5.74, 6) is -0.597. The van der Waals surface area contributed by atoms with Gasteiger partial charge in [-0.3, -0.25) is 9.59 Å². The van der Waals surface area contributed by atoms with Crippen molar-refractivity contribution in [2.75, 3.05) is 18.5 Å². The summed E-state index contributed by atoms with van der Waals surface area (Å²) in [4.78, 5) is 23.4. The number of hydrogen-bond donors (Lipinski definition) is 1. The first kappa shape index (κ1) is 17.4. The number of rotatable bonds is 6. The van der Waals surface area contributed by atoms with Crippen molar-refractivity contribution in [3.05, 3.63) is 27.1 Å². The number of anilines is 1. The van der Waals surface area contributed by atoms with E-state index in [4.69, 9.17) is 9.47 Å². The van der Waals surface area contributed by atoms with E-state index in [1.165, 1.54) is 0 Å². The third kappa shape index (κ3) is 6.06. The second-order valence-electron chi connectivity index (χ2n) is 5.02. The molecule has 0 saturated carbocycles. The van der Waals surface area contributed by atoms with Gasteiger partial charge in [0.05, 0.1) is 12.5 Å². The van der Waals surface area contributed by atoms with Crippen LogP contribution in [0.1, 0.15) is 25.7 Å². The van der Waals surface area contributed by atoms with Gasteiger partial charge in [-0.2, -0.15) is 0 Å². The van der Waals surface area contributed by atoms with Gasteiger partial charge < -0.3 is 14.8 Å². The average molecular weight is 435 g/mol. The lowest BCUT2D eigenvalue weighted by molar-refractivity contribution is -0.147. The molecule has 1 N–H and O–H groups in total. The van der Waals surface area contributed by atoms with Crippen LogP contribution in [0.25, 0.3) is 0 Å². The van der Waals surface area contributed by atoms with Gasteiger partial charge in [0.15, 0.2) is 0 Å².